The number of hydrogen-bond acceptors (Lipinski definition) is 4. The molecule has 0 aliphatic heterocycles. The molecule has 0 heterocycles. The van der Waals surface area contributed by atoms with Crippen LogP contribution >= 0.6 is 11.8 Å². The second-order valence-electron chi connectivity index (χ2n) is 5.41. The lowest BCUT2D eigenvalue weighted by Crippen LogP contribution is -2.47. The average Bonchev–Trinajstić information content (AvgIpc) is 2.52. The molecule has 1 atom stereocenters. The molecule has 0 bridgehead atoms. The molecule has 0 aliphatic carbocycles. The predicted molar refractivity (Wildman–Crippen MR) is 96.2 cm³/mol. The van der Waals surface area contributed by atoms with Crippen LogP contribution < -0.4 is 10.0 Å². The van der Waals surface area contributed by atoms with Gasteiger partial charge in [-0.1, -0.05) is 31.0 Å². The van der Waals surface area contributed by atoms with Crippen LogP contribution in [0.25, 0.3) is 0 Å². The maximum Gasteiger partial charge on any atom is 0.241 e. The zero-order valence-corrected chi connectivity index (χ0v) is 15.6. The van der Waals surface area contributed by atoms with E-state index < -0.39 is 16.1 Å². The van der Waals surface area contributed by atoms with Crippen molar-refractivity contribution in [3.05, 3.63) is 29.8 Å². The first kappa shape index (κ1) is 20.0. The normalized spacial score (nSPS) is 12.8. The van der Waals surface area contributed by atoms with Gasteiger partial charge in [0.15, 0.2) is 0 Å². The second-order valence-corrected chi connectivity index (χ2v) is 8.11. The van der Waals surface area contributed by atoms with Crippen molar-refractivity contribution in [2.45, 2.75) is 44.0 Å². The van der Waals surface area contributed by atoms with Gasteiger partial charge in [0.2, 0.25) is 15.9 Å². The molecule has 130 valence electrons. The molecule has 1 rings (SSSR count). The van der Waals surface area contributed by atoms with Crippen molar-refractivity contribution in [1.82, 2.24) is 10.0 Å². The van der Waals surface area contributed by atoms with E-state index in [2.05, 4.69) is 10.0 Å². The first-order valence-electron chi connectivity index (χ1n) is 7.76. The van der Waals surface area contributed by atoms with E-state index in [-0.39, 0.29) is 10.8 Å². The van der Waals surface area contributed by atoms with Crippen LogP contribution in [-0.2, 0) is 14.8 Å². The van der Waals surface area contributed by atoms with E-state index in [1.54, 1.807) is 36.0 Å². The summed E-state index contributed by atoms with van der Waals surface area (Å²) in [4.78, 5) is 12.4. The number of amides is 1. The summed E-state index contributed by atoms with van der Waals surface area (Å²) in [5.74, 6) is 0.450. The summed E-state index contributed by atoms with van der Waals surface area (Å²) < 4.78 is 27.4. The van der Waals surface area contributed by atoms with Gasteiger partial charge in [-0.3, -0.25) is 4.79 Å². The number of nitrogens with one attached hydrogen (secondary N) is 2. The van der Waals surface area contributed by atoms with Gasteiger partial charge in [-0.15, -0.1) is 0 Å². The number of carbonyl (C=O) groups is 1. The van der Waals surface area contributed by atoms with Crippen LogP contribution in [0.15, 0.2) is 29.2 Å². The van der Waals surface area contributed by atoms with E-state index in [9.17, 15) is 13.2 Å². The fourth-order valence-electron chi connectivity index (χ4n) is 1.96. The van der Waals surface area contributed by atoms with E-state index in [1.165, 1.54) is 0 Å². The standard InChI is InChI=1S/C16H26N2O3S2/c1-4-5-11-17-16(19)15(10-12-22-3)18-23(20,21)14-8-6-13(2)7-9-14/h6-9,15,18H,4-5,10-12H2,1-3H3,(H,17,19). The maximum atomic E-state index is 12.5. The molecule has 1 unspecified atom stereocenters. The van der Waals surface area contributed by atoms with Gasteiger partial charge in [0.25, 0.3) is 0 Å². The zero-order valence-electron chi connectivity index (χ0n) is 14.0. The van der Waals surface area contributed by atoms with Crippen molar-refractivity contribution in [3.8, 4) is 0 Å². The minimum atomic E-state index is -3.70. The molecule has 0 aromatic heterocycles. The number of benzene rings is 1. The first-order valence-corrected chi connectivity index (χ1v) is 10.6. The Kier molecular flexibility index (Phi) is 8.65. The lowest BCUT2D eigenvalue weighted by Gasteiger charge is -2.18. The molecule has 7 heteroatoms. The molecule has 0 fully saturated rings. The van der Waals surface area contributed by atoms with Crippen molar-refractivity contribution in [2.75, 3.05) is 18.6 Å². The van der Waals surface area contributed by atoms with E-state index in [1.807, 2.05) is 20.1 Å². The Labute approximate surface area is 143 Å². The van der Waals surface area contributed by atoms with Crippen LogP contribution in [0.4, 0.5) is 0 Å². The lowest BCUT2D eigenvalue weighted by molar-refractivity contribution is -0.122. The molecule has 0 saturated carbocycles. The maximum absolute atomic E-state index is 12.5. The summed E-state index contributed by atoms with van der Waals surface area (Å²) in [6, 6.07) is 5.85. The molecule has 1 aromatic rings. The van der Waals surface area contributed by atoms with Gasteiger partial charge >= 0.3 is 0 Å². The van der Waals surface area contributed by atoms with Crippen LogP contribution in [-0.4, -0.2) is 38.9 Å². The third-order valence-corrected chi connectivity index (χ3v) is 5.52. The van der Waals surface area contributed by atoms with Gasteiger partial charge in [-0.2, -0.15) is 16.5 Å². The number of thioether (sulfide) groups is 1. The molecule has 1 aromatic carbocycles. The molecule has 0 spiro atoms. The number of rotatable bonds is 10. The SMILES string of the molecule is CCCCNC(=O)C(CCSC)NS(=O)(=O)c1ccc(C)cc1. The van der Waals surface area contributed by atoms with Crippen molar-refractivity contribution < 1.29 is 13.2 Å². The predicted octanol–water partition coefficient (Wildman–Crippen LogP) is 2.31. The highest BCUT2D eigenvalue weighted by atomic mass is 32.2. The van der Waals surface area contributed by atoms with E-state index in [4.69, 9.17) is 0 Å². The van der Waals surface area contributed by atoms with E-state index in [0.29, 0.717) is 18.7 Å². The van der Waals surface area contributed by atoms with Gasteiger partial charge in [-0.05, 0) is 43.9 Å². The third-order valence-electron chi connectivity index (χ3n) is 3.39. The van der Waals surface area contributed by atoms with Gasteiger partial charge in [0, 0.05) is 6.54 Å². The van der Waals surface area contributed by atoms with Gasteiger partial charge < -0.3 is 5.32 Å². The average molecular weight is 359 g/mol. The molecule has 0 aliphatic rings. The number of hydrogen-bond donors (Lipinski definition) is 2. The summed E-state index contributed by atoms with van der Waals surface area (Å²) in [5.41, 5.74) is 0.986. The zero-order chi connectivity index (χ0) is 17.3. The van der Waals surface area contributed by atoms with E-state index >= 15 is 0 Å². The van der Waals surface area contributed by atoms with Crippen LogP contribution in [0, 0.1) is 6.92 Å². The number of sulfonamides is 1. The van der Waals surface area contributed by atoms with Crippen LogP contribution in [0.3, 0.4) is 0 Å². The molecular weight excluding hydrogens is 332 g/mol. The van der Waals surface area contributed by atoms with Gasteiger partial charge in [-0.25, -0.2) is 8.42 Å². The fraction of sp³-hybridized carbons (Fsp3) is 0.562. The number of unbranched alkanes of at least 4 members (excludes halogenated alkanes) is 1. The summed E-state index contributed by atoms with van der Waals surface area (Å²) in [6.45, 7) is 4.50. The summed E-state index contributed by atoms with van der Waals surface area (Å²) in [6.07, 6.45) is 4.25. The topological polar surface area (TPSA) is 75.3 Å². The minimum absolute atomic E-state index is 0.179. The molecule has 0 radical (unpaired) electrons. The molecular formula is C16H26N2O3S2. The van der Waals surface area contributed by atoms with E-state index in [0.717, 1.165) is 18.4 Å². The Balaban J connectivity index is 2.81. The molecule has 1 amide bonds. The van der Waals surface area contributed by atoms with Crippen molar-refractivity contribution >= 4 is 27.7 Å². The Hall–Kier alpha value is -1.05. The largest absolute Gasteiger partial charge is 0.355 e. The van der Waals surface area contributed by atoms with Gasteiger partial charge in [0.05, 0.1) is 4.90 Å². The smallest absolute Gasteiger partial charge is 0.241 e. The van der Waals surface area contributed by atoms with Crippen molar-refractivity contribution in [1.29, 1.82) is 0 Å². The Morgan fingerprint density at radius 2 is 1.91 bits per heavy atom. The Morgan fingerprint density at radius 1 is 1.26 bits per heavy atom. The molecule has 5 nitrogen and oxygen atoms in total. The lowest BCUT2D eigenvalue weighted by atomic mass is 10.2. The Morgan fingerprint density at radius 3 is 2.48 bits per heavy atom. The highest BCUT2D eigenvalue weighted by Crippen LogP contribution is 2.12. The van der Waals surface area contributed by atoms with Crippen molar-refractivity contribution in [2.24, 2.45) is 0 Å². The summed E-state index contributed by atoms with van der Waals surface area (Å²) >= 11 is 1.58. The highest BCUT2D eigenvalue weighted by Gasteiger charge is 2.25. The minimum Gasteiger partial charge on any atom is -0.355 e. The fourth-order valence-corrected chi connectivity index (χ4v) is 3.66. The first-order chi connectivity index (χ1) is 10.9. The van der Waals surface area contributed by atoms with Gasteiger partial charge in [0.1, 0.15) is 6.04 Å². The molecule has 23 heavy (non-hydrogen) atoms. The van der Waals surface area contributed by atoms with Crippen LogP contribution in [0.2, 0.25) is 0 Å². The quantitative estimate of drug-likeness (QED) is 0.630. The molecule has 2 N–H and O–H groups in total. The number of aryl methyl sites for hydroxylation is 1. The van der Waals surface area contributed by atoms with Crippen molar-refractivity contribution in [3.63, 3.8) is 0 Å². The molecule has 0 saturated heterocycles. The Bertz CT molecular complexity index is 586. The highest BCUT2D eigenvalue weighted by molar-refractivity contribution is 7.98. The van der Waals surface area contributed by atoms with Crippen LogP contribution in [0.1, 0.15) is 31.7 Å². The summed E-state index contributed by atoms with van der Waals surface area (Å²) in [5, 5.41) is 2.80. The van der Waals surface area contributed by atoms with Crippen LogP contribution in [0.5, 0.6) is 0 Å². The monoisotopic (exact) mass is 358 g/mol. The summed E-state index contributed by atoms with van der Waals surface area (Å²) in [7, 11) is -3.70. The third kappa shape index (κ3) is 6.93. The second kappa shape index (κ2) is 9.95. The number of carbonyl (C=O) groups excluding carboxylic acids is 1.